The molecule has 0 heterocycles. The lowest BCUT2D eigenvalue weighted by molar-refractivity contribution is 0.401. The number of benzene rings is 1. The lowest BCUT2D eigenvalue weighted by atomic mass is 10.0. The Bertz CT molecular complexity index is 431. The van der Waals surface area contributed by atoms with Crippen molar-refractivity contribution < 1.29 is 4.21 Å². The van der Waals surface area contributed by atoms with Crippen LogP contribution >= 0.6 is 0 Å². The van der Waals surface area contributed by atoms with Crippen LogP contribution in [0.5, 0.6) is 0 Å². The van der Waals surface area contributed by atoms with E-state index in [-0.39, 0.29) is 0 Å². The number of nitrogens with one attached hydrogen (secondary N) is 1. The second-order valence-corrected chi connectivity index (χ2v) is 6.80. The molecule has 0 aromatic heterocycles. The SMILES string of the molecule is CCNC(CS(=O)c1cc(C)ccc1C)C(C)CC. The molecule has 3 atom stereocenters. The molecule has 2 nitrogen and oxygen atoms in total. The first kappa shape index (κ1) is 16.4. The quantitative estimate of drug-likeness (QED) is 0.829. The molecule has 3 unspecified atom stereocenters. The van der Waals surface area contributed by atoms with Crippen LogP contribution in [0.2, 0.25) is 0 Å². The number of hydrogen-bond donors (Lipinski definition) is 1. The molecule has 0 spiro atoms. The van der Waals surface area contributed by atoms with Gasteiger partial charge in [0.25, 0.3) is 0 Å². The largest absolute Gasteiger partial charge is 0.313 e. The summed E-state index contributed by atoms with van der Waals surface area (Å²) in [7, 11) is -0.921. The van der Waals surface area contributed by atoms with Crippen LogP contribution in [0.4, 0.5) is 0 Å². The Kier molecular flexibility index (Phi) is 6.73. The lowest BCUT2D eigenvalue weighted by Gasteiger charge is -2.23. The fourth-order valence-electron chi connectivity index (χ4n) is 2.18. The Labute approximate surface area is 120 Å². The first-order valence-electron chi connectivity index (χ1n) is 7.18. The zero-order valence-corrected chi connectivity index (χ0v) is 13.6. The van der Waals surface area contributed by atoms with Crippen LogP contribution < -0.4 is 5.32 Å². The van der Waals surface area contributed by atoms with E-state index in [0.717, 1.165) is 23.4 Å². The van der Waals surface area contributed by atoms with Gasteiger partial charge in [0.2, 0.25) is 0 Å². The van der Waals surface area contributed by atoms with E-state index in [9.17, 15) is 4.21 Å². The van der Waals surface area contributed by atoms with Crippen molar-refractivity contribution in [3.05, 3.63) is 29.3 Å². The minimum absolute atomic E-state index is 0.329. The lowest BCUT2D eigenvalue weighted by Crippen LogP contribution is -2.39. The van der Waals surface area contributed by atoms with Crippen LogP contribution in [-0.2, 0) is 10.8 Å². The zero-order chi connectivity index (χ0) is 14.4. The summed E-state index contributed by atoms with van der Waals surface area (Å²) in [5.74, 6) is 1.25. The maximum Gasteiger partial charge on any atom is 0.0548 e. The van der Waals surface area contributed by atoms with E-state index >= 15 is 0 Å². The average Bonchev–Trinajstić information content (AvgIpc) is 2.40. The van der Waals surface area contributed by atoms with Gasteiger partial charge in [0.05, 0.1) is 10.8 Å². The van der Waals surface area contributed by atoms with Gasteiger partial charge in [-0.1, -0.05) is 39.3 Å². The fraction of sp³-hybridized carbons (Fsp3) is 0.625. The topological polar surface area (TPSA) is 29.1 Å². The zero-order valence-electron chi connectivity index (χ0n) is 12.8. The van der Waals surface area contributed by atoms with Crippen LogP contribution in [0.3, 0.4) is 0 Å². The Balaban J connectivity index is 2.84. The highest BCUT2D eigenvalue weighted by Gasteiger charge is 2.19. The van der Waals surface area contributed by atoms with Crippen molar-refractivity contribution in [1.29, 1.82) is 0 Å². The summed E-state index contributed by atoms with van der Waals surface area (Å²) in [5, 5.41) is 3.47. The molecule has 108 valence electrons. The predicted molar refractivity (Wildman–Crippen MR) is 84.1 cm³/mol. The van der Waals surface area contributed by atoms with Crippen molar-refractivity contribution in [2.45, 2.75) is 52.0 Å². The molecule has 0 aliphatic rings. The number of rotatable bonds is 7. The van der Waals surface area contributed by atoms with Crippen LogP contribution in [0.1, 0.15) is 38.3 Å². The van der Waals surface area contributed by atoms with Gasteiger partial charge in [0.15, 0.2) is 0 Å². The average molecular weight is 281 g/mol. The normalized spacial score (nSPS) is 16.1. The molecule has 1 aromatic carbocycles. The van der Waals surface area contributed by atoms with E-state index in [2.05, 4.69) is 51.2 Å². The van der Waals surface area contributed by atoms with Crippen LogP contribution in [0.25, 0.3) is 0 Å². The van der Waals surface area contributed by atoms with Crippen molar-refractivity contribution in [3.63, 3.8) is 0 Å². The highest BCUT2D eigenvalue weighted by Crippen LogP contribution is 2.18. The standard InChI is InChI=1S/C16H27NOS/c1-6-13(4)15(17-7-2)11-19(18)16-10-12(3)8-9-14(16)5/h8-10,13,15,17H,6-7,11H2,1-5H3. The molecule has 1 aromatic rings. The summed E-state index contributed by atoms with van der Waals surface area (Å²) in [6, 6.07) is 6.53. The highest BCUT2D eigenvalue weighted by molar-refractivity contribution is 7.85. The maximum absolute atomic E-state index is 12.6. The van der Waals surface area contributed by atoms with Gasteiger partial charge < -0.3 is 5.32 Å². The van der Waals surface area contributed by atoms with Crippen LogP contribution in [0, 0.1) is 19.8 Å². The summed E-state index contributed by atoms with van der Waals surface area (Å²) in [5.41, 5.74) is 2.31. The van der Waals surface area contributed by atoms with Gasteiger partial charge in [-0.15, -0.1) is 0 Å². The molecule has 0 saturated carbocycles. The van der Waals surface area contributed by atoms with Gasteiger partial charge >= 0.3 is 0 Å². The first-order valence-corrected chi connectivity index (χ1v) is 8.50. The van der Waals surface area contributed by atoms with Crippen molar-refractivity contribution >= 4 is 10.8 Å². The van der Waals surface area contributed by atoms with Gasteiger partial charge in [0.1, 0.15) is 0 Å². The molecule has 1 rings (SSSR count). The van der Waals surface area contributed by atoms with Crippen molar-refractivity contribution in [2.75, 3.05) is 12.3 Å². The van der Waals surface area contributed by atoms with Gasteiger partial charge in [0, 0.05) is 16.7 Å². The molecule has 1 N–H and O–H groups in total. The Hall–Kier alpha value is -0.670. The molecule has 3 heteroatoms. The molecule has 0 aliphatic heterocycles. The third-order valence-corrected chi connectivity index (χ3v) is 5.31. The van der Waals surface area contributed by atoms with Gasteiger partial charge in [-0.25, -0.2) is 0 Å². The van der Waals surface area contributed by atoms with Crippen LogP contribution in [-0.4, -0.2) is 22.5 Å². The van der Waals surface area contributed by atoms with E-state index in [4.69, 9.17) is 0 Å². The first-order chi connectivity index (χ1) is 8.99. The highest BCUT2D eigenvalue weighted by atomic mass is 32.2. The van der Waals surface area contributed by atoms with Crippen molar-refractivity contribution in [1.82, 2.24) is 5.32 Å². The fourth-order valence-corrected chi connectivity index (χ4v) is 3.87. The van der Waals surface area contributed by atoms with Gasteiger partial charge in [-0.2, -0.15) is 0 Å². The maximum atomic E-state index is 12.6. The molecule has 19 heavy (non-hydrogen) atoms. The summed E-state index contributed by atoms with van der Waals surface area (Å²) < 4.78 is 12.6. The number of hydrogen-bond acceptors (Lipinski definition) is 2. The summed E-state index contributed by atoms with van der Waals surface area (Å²) in [6.07, 6.45) is 1.11. The van der Waals surface area contributed by atoms with Crippen molar-refractivity contribution in [2.24, 2.45) is 5.92 Å². The third kappa shape index (κ3) is 4.73. The summed E-state index contributed by atoms with van der Waals surface area (Å²) in [4.78, 5) is 0.992. The van der Waals surface area contributed by atoms with E-state index in [1.165, 1.54) is 5.56 Å². The van der Waals surface area contributed by atoms with E-state index in [1.54, 1.807) is 0 Å². The Morgan fingerprint density at radius 3 is 2.53 bits per heavy atom. The monoisotopic (exact) mass is 281 g/mol. The molecule has 0 radical (unpaired) electrons. The van der Waals surface area contributed by atoms with E-state index in [1.807, 2.05) is 6.92 Å². The summed E-state index contributed by atoms with van der Waals surface area (Å²) >= 11 is 0. The van der Waals surface area contributed by atoms with E-state index < -0.39 is 10.8 Å². The number of aryl methyl sites for hydroxylation is 2. The predicted octanol–water partition coefficient (Wildman–Crippen LogP) is 3.44. The molecule has 0 saturated heterocycles. The second kappa shape index (κ2) is 7.81. The summed E-state index contributed by atoms with van der Waals surface area (Å²) in [6.45, 7) is 11.5. The molecular formula is C16H27NOS. The van der Waals surface area contributed by atoms with E-state index in [0.29, 0.717) is 17.7 Å². The molecule has 0 fully saturated rings. The minimum Gasteiger partial charge on any atom is -0.313 e. The third-order valence-electron chi connectivity index (χ3n) is 3.72. The van der Waals surface area contributed by atoms with Crippen molar-refractivity contribution in [3.8, 4) is 0 Å². The molecular weight excluding hydrogens is 254 g/mol. The molecule has 0 aliphatic carbocycles. The van der Waals surface area contributed by atoms with Gasteiger partial charge in [-0.3, -0.25) is 4.21 Å². The smallest absolute Gasteiger partial charge is 0.0548 e. The Morgan fingerprint density at radius 2 is 1.95 bits per heavy atom. The molecule has 0 bridgehead atoms. The minimum atomic E-state index is -0.921. The Morgan fingerprint density at radius 1 is 1.26 bits per heavy atom. The van der Waals surface area contributed by atoms with Gasteiger partial charge in [-0.05, 0) is 43.5 Å². The second-order valence-electron chi connectivity index (χ2n) is 5.33. The van der Waals surface area contributed by atoms with Crippen LogP contribution in [0.15, 0.2) is 23.1 Å². The molecule has 0 amide bonds.